The Kier molecular flexibility index (Phi) is 2.66. The monoisotopic (exact) mass is 289 g/mol. The smallest absolute Gasteiger partial charge is 0.278 e. The minimum absolute atomic E-state index is 0.0777. The van der Waals surface area contributed by atoms with Crippen molar-refractivity contribution < 1.29 is 4.92 Å². The van der Waals surface area contributed by atoms with Crippen LogP contribution in [0.5, 0.6) is 0 Å². The number of nitro groups is 1. The predicted octanol–water partition coefficient (Wildman–Crippen LogP) is 4.09. The molecule has 2 heterocycles. The Labute approximate surface area is 125 Å². The predicted molar refractivity (Wildman–Crippen MR) is 85.2 cm³/mol. The van der Waals surface area contributed by atoms with Crippen molar-refractivity contribution in [1.29, 1.82) is 0 Å². The van der Waals surface area contributed by atoms with E-state index in [-0.39, 0.29) is 10.6 Å². The molecule has 4 rings (SSSR count). The number of pyridine rings is 1. The molecular weight excluding hydrogens is 278 g/mol. The van der Waals surface area contributed by atoms with E-state index < -0.39 is 0 Å². The summed E-state index contributed by atoms with van der Waals surface area (Å²) in [6.07, 6.45) is 1.95. The Bertz CT molecular complexity index is 1020. The molecule has 0 atom stereocenters. The minimum Gasteiger partial charge on any atom is -0.301 e. The van der Waals surface area contributed by atoms with Crippen molar-refractivity contribution in [2.75, 3.05) is 0 Å². The average molecular weight is 289 g/mol. The third-order valence-corrected chi connectivity index (χ3v) is 3.74. The van der Waals surface area contributed by atoms with Crippen molar-refractivity contribution in [3.8, 4) is 5.82 Å². The van der Waals surface area contributed by atoms with Crippen LogP contribution in [0.3, 0.4) is 0 Å². The highest BCUT2D eigenvalue weighted by molar-refractivity contribution is 5.89. The number of nitro benzene ring substituents is 1. The molecular formula is C17H11N3O2. The van der Waals surface area contributed by atoms with Crippen LogP contribution in [-0.4, -0.2) is 14.5 Å². The van der Waals surface area contributed by atoms with Gasteiger partial charge in [-0.25, -0.2) is 4.98 Å². The van der Waals surface area contributed by atoms with Crippen LogP contribution in [0.2, 0.25) is 0 Å². The van der Waals surface area contributed by atoms with Gasteiger partial charge in [0.2, 0.25) is 0 Å². The summed E-state index contributed by atoms with van der Waals surface area (Å²) in [5, 5.41) is 12.8. The number of benzene rings is 2. The fraction of sp³-hybridized carbons (Fsp3) is 0. The lowest BCUT2D eigenvalue weighted by Gasteiger charge is -2.06. The quantitative estimate of drug-likeness (QED) is 0.412. The van der Waals surface area contributed by atoms with E-state index in [0.29, 0.717) is 10.9 Å². The van der Waals surface area contributed by atoms with Crippen molar-refractivity contribution in [2.24, 2.45) is 0 Å². The lowest BCUT2D eigenvalue weighted by Crippen LogP contribution is -1.97. The highest BCUT2D eigenvalue weighted by atomic mass is 16.6. The van der Waals surface area contributed by atoms with Crippen LogP contribution in [-0.2, 0) is 0 Å². The lowest BCUT2D eigenvalue weighted by molar-refractivity contribution is -0.383. The molecule has 0 fully saturated rings. The van der Waals surface area contributed by atoms with E-state index in [1.54, 1.807) is 18.2 Å². The van der Waals surface area contributed by atoms with Crippen molar-refractivity contribution in [3.63, 3.8) is 0 Å². The molecule has 0 saturated carbocycles. The van der Waals surface area contributed by atoms with Gasteiger partial charge in [-0.05, 0) is 35.7 Å². The topological polar surface area (TPSA) is 61.0 Å². The average Bonchev–Trinajstić information content (AvgIpc) is 2.97. The van der Waals surface area contributed by atoms with Crippen molar-refractivity contribution in [3.05, 3.63) is 77.0 Å². The first-order valence-corrected chi connectivity index (χ1v) is 6.85. The van der Waals surface area contributed by atoms with E-state index in [2.05, 4.69) is 4.98 Å². The lowest BCUT2D eigenvalue weighted by atomic mass is 10.2. The summed E-state index contributed by atoms with van der Waals surface area (Å²) in [6, 6.07) is 18.6. The number of hydrogen-bond acceptors (Lipinski definition) is 3. The summed E-state index contributed by atoms with van der Waals surface area (Å²) in [4.78, 5) is 15.3. The first-order chi connectivity index (χ1) is 10.7. The van der Waals surface area contributed by atoms with E-state index in [0.717, 1.165) is 16.7 Å². The van der Waals surface area contributed by atoms with Crippen LogP contribution in [0.1, 0.15) is 0 Å². The Morgan fingerprint density at radius 2 is 1.82 bits per heavy atom. The summed E-state index contributed by atoms with van der Waals surface area (Å²) in [5.74, 6) is 0.745. The largest absolute Gasteiger partial charge is 0.301 e. The zero-order valence-corrected chi connectivity index (χ0v) is 11.5. The summed E-state index contributed by atoms with van der Waals surface area (Å²) in [6.45, 7) is 0. The highest BCUT2D eigenvalue weighted by Crippen LogP contribution is 2.26. The Balaban J connectivity index is 1.95. The third kappa shape index (κ3) is 1.83. The number of nitrogens with zero attached hydrogens (tertiary/aromatic N) is 3. The summed E-state index contributed by atoms with van der Waals surface area (Å²) < 4.78 is 1.98. The number of fused-ring (bicyclic) bond motifs is 2. The van der Waals surface area contributed by atoms with Crippen LogP contribution >= 0.6 is 0 Å². The van der Waals surface area contributed by atoms with Gasteiger partial charge in [-0.15, -0.1) is 0 Å². The number of aromatic nitrogens is 2. The molecule has 0 aliphatic heterocycles. The van der Waals surface area contributed by atoms with Gasteiger partial charge in [0.05, 0.1) is 21.3 Å². The molecule has 5 heteroatoms. The Morgan fingerprint density at radius 3 is 2.68 bits per heavy atom. The van der Waals surface area contributed by atoms with Gasteiger partial charge in [-0.2, -0.15) is 0 Å². The number of rotatable bonds is 2. The minimum atomic E-state index is -0.380. The van der Waals surface area contributed by atoms with Gasteiger partial charge >= 0.3 is 0 Å². The summed E-state index contributed by atoms with van der Waals surface area (Å²) in [5.41, 5.74) is 1.75. The second-order valence-corrected chi connectivity index (χ2v) is 5.01. The number of hydrogen-bond donors (Lipinski definition) is 0. The summed E-state index contributed by atoms with van der Waals surface area (Å²) >= 11 is 0. The van der Waals surface area contributed by atoms with E-state index in [9.17, 15) is 10.1 Å². The Morgan fingerprint density at radius 1 is 0.955 bits per heavy atom. The van der Waals surface area contributed by atoms with E-state index in [1.807, 2.05) is 47.2 Å². The van der Waals surface area contributed by atoms with Gasteiger partial charge < -0.3 is 4.57 Å². The molecule has 22 heavy (non-hydrogen) atoms. The molecule has 5 nitrogen and oxygen atoms in total. The maximum absolute atomic E-state index is 11.1. The molecule has 0 aliphatic rings. The van der Waals surface area contributed by atoms with Gasteiger partial charge in [0.25, 0.3) is 5.69 Å². The van der Waals surface area contributed by atoms with Crippen LogP contribution < -0.4 is 0 Å². The fourth-order valence-electron chi connectivity index (χ4n) is 2.70. The molecule has 0 amide bonds. The molecule has 2 aromatic heterocycles. The SMILES string of the molecule is O=[N+]([O-])c1cccc2nc(-n3ccc4ccccc43)ccc12. The van der Waals surface area contributed by atoms with Crippen LogP contribution in [0, 0.1) is 10.1 Å². The molecule has 0 unspecified atom stereocenters. The molecule has 0 radical (unpaired) electrons. The number of para-hydroxylation sites is 1. The zero-order chi connectivity index (χ0) is 15.1. The molecule has 4 aromatic rings. The van der Waals surface area contributed by atoms with Gasteiger partial charge in [-0.3, -0.25) is 10.1 Å². The maximum Gasteiger partial charge on any atom is 0.278 e. The zero-order valence-electron chi connectivity index (χ0n) is 11.5. The normalized spacial score (nSPS) is 11.1. The molecule has 0 spiro atoms. The van der Waals surface area contributed by atoms with Crippen LogP contribution in [0.15, 0.2) is 66.9 Å². The van der Waals surface area contributed by atoms with E-state index >= 15 is 0 Å². The standard InChI is InChI=1S/C17H11N3O2/c21-20(22)16-7-3-5-14-13(16)8-9-17(18-14)19-11-10-12-4-1-2-6-15(12)19/h1-11H. The fourth-order valence-corrected chi connectivity index (χ4v) is 2.70. The van der Waals surface area contributed by atoms with Gasteiger partial charge in [0.1, 0.15) is 5.82 Å². The highest BCUT2D eigenvalue weighted by Gasteiger charge is 2.13. The molecule has 0 bridgehead atoms. The molecule has 106 valence electrons. The third-order valence-electron chi connectivity index (χ3n) is 3.74. The molecule has 2 aromatic carbocycles. The van der Waals surface area contributed by atoms with Gasteiger partial charge in [-0.1, -0.05) is 24.3 Å². The Hall–Kier alpha value is -3.21. The molecule has 0 N–H and O–H groups in total. The van der Waals surface area contributed by atoms with Crippen molar-refractivity contribution in [2.45, 2.75) is 0 Å². The second kappa shape index (κ2) is 4.66. The maximum atomic E-state index is 11.1. The van der Waals surface area contributed by atoms with Crippen molar-refractivity contribution in [1.82, 2.24) is 9.55 Å². The summed E-state index contributed by atoms with van der Waals surface area (Å²) in [7, 11) is 0. The first-order valence-electron chi connectivity index (χ1n) is 6.85. The van der Waals surface area contributed by atoms with Gasteiger partial charge in [0.15, 0.2) is 0 Å². The number of non-ortho nitro benzene ring substituents is 1. The van der Waals surface area contributed by atoms with Crippen LogP contribution in [0.4, 0.5) is 5.69 Å². The molecule has 0 saturated heterocycles. The van der Waals surface area contributed by atoms with E-state index in [4.69, 9.17) is 0 Å². The van der Waals surface area contributed by atoms with E-state index in [1.165, 1.54) is 6.07 Å². The first kappa shape index (κ1) is 12.5. The van der Waals surface area contributed by atoms with Crippen molar-refractivity contribution >= 4 is 27.5 Å². The second-order valence-electron chi connectivity index (χ2n) is 5.01. The molecule has 0 aliphatic carbocycles. The van der Waals surface area contributed by atoms with Gasteiger partial charge in [0, 0.05) is 12.3 Å². The van der Waals surface area contributed by atoms with Crippen LogP contribution in [0.25, 0.3) is 27.6 Å².